The smallest absolute Gasteiger partial charge is 0.140 e. The minimum absolute atomic E-state index is 0.284. The van der Waals surface area contributed by atoms with Crippen molar-refractivity contribution >= 4 is 17.8 Å². The molecule has 2 heterocycles. The van der Waals surface area contributed by atoms with Crippen molar-refractivity contribution in [2.45, 2.75) is 45.3 Å². The summed E-state index contributed by atoms with van der Waals surface area (Å²) in [7, 11) is 0. The lowest BCUT2D eigenvalue weighted by Gasteiger charge is -2.44. The number of rotatable bonds is 6. The van der Waals surface area contributed by atoms with Gasteiger partial charge in [0.2, 0.25) is 0 Å². The number of carbonyl (C=O) groups is 1. The minimum Gasteiger partial charge on any atom is -0.340 e. The van der Waals surface area contributed by atoms with E-state index in [-0.39, 0.29) is 5.82 Å². The number of nitrogens with two attached hydrogens (primary N) is 1. The van der Waals surface area contributed by atoms with Gasteiger partial charge in [-0.05, 0) is 64.1 Å². The number of aromatic nitrogens is 2. The summed E-state index contributed by atoms with van der Waals surface area (Å²) in [6.07, 6.45) is 0.804. The Hall–Kier alpha value is -3.03. The van der Waals surface area contributed by atoms with E-state index in [1.165, 1.54) is 17.7 Å². The molecule has 3 aromatic rings. The van der Waals surface area contributed by atoms with Gasteiger partial charge >= 0.3 is 0 Å². The first kappa shape index (κ1) is 22.2. The molecule has 0 amide bonds. The summed E-state index contributed by atoms with van der Waals surface area (Å²) in [4.78, 5) is 18.7. The van der Waals surface area contributed by atoms with Crippen LogP contribution in [0, 0.1) is 12.7 Å². The SMILES string of the molecule is Cc1ccc(Nc2c(-c3ccc(F)cc3)nc3n2CCN(CC(C)(N)C=O)C3(C)C)cc1. The number of aldehydes is 1. The molecule has 32 heavy (non-hydrogen) atoms. The van der Waals surface area contributed by atoms with Crippen LogP contribution >= 0.6 is 0 Å². The molecule has 0 saturated carbocycles. The molecule has 0 saturated heterocycles. The number of imidazole rings is 1. The van der Waals surface area contributed by atoms with Crippen LogP contribution in [-0.4, -0.2) is 39.4 Å². The Morgan fingerprint density at radius 2 is 1.81 bits per heavy atom. The number of aryl methyl sites for hydroxylation is 1. The topological polar surface area (TPSA) is 76.2 Å². The summed E-state index contributed by atoms with van der Waals surface area (Å²) in [5.74, 6) is 1.46. The second-order valence-corrected chi connectivity index (χ2v) is 9.39. The first-order valence-corrected chi connectivity index (χ1v) is 10.8. The largest absolute Gasteiger partial charge is 0.340 e. The fourth-order valence-corrected chi connectivity index (χ4v) is 4.21. The fourth-order valence-electron chi connectivity index (χ4n) is 4.21. The van der Waals surface area contributed by atoms with Crippen LogP contribution in [0.3, 0.4) is 0 Å². The highest BCUT2D eigenvalue weighted by Gasteiger charge is 2.41. The Kier molecular flexibility index (Phi) is 5.65. The van der Waals surface area contributed by atoms with Gasteiger partial charge in [0.1, 0.15) is 29.4 Å². The lowest BCUT2D eigenvalue weighted by atomic mass is 9.95. The van der Waals surface area contributed by atoms with Crippen molar-refractivity contribution < 1.29 is 9.18 Å². The van der Waals surface area contributed by atoms with Gasteiger partial charge in [0.25, 0.3) is 0 Å². The molecule has 1 aromatic heterocycles. The molecule has 168 valence electrons. The summed E-state index contributed by atoms with van der Waals surface area (Å²) >= 11 is 0. The average molecular weight is 436 g/mol. The second-order valence-electron chi connectivity index (χ2n) is 9.39. The number of anilines is 2. The molecule has 0 radical (unpaired) electrons. The summed E-state index contributed by atoms with van der Waals surface area (Å²) in [5, 5.41) is 3.54. The maximum absolute atomic E-state index is 13.6. The molecule has 1 aliphatic heterocycles. The van der Waals surface area contributed by atoms with Gasteiger partial charge in [-0.2, -0.15) is 0 Å². The molecule has 4 rings (SSSR count). The van der Waals surface area contributed by atoms with Crippen LogP contribution in [0.15, 0.2) is 48.5 Å². The zero-order valence-corrected chi connectivity index (χ0v) is 19.0. The zero-order valence-electron chi connectivity index (χ0n) is 19.0. The first-order valence-electron chi connectivity index (χ1n) is 10.8. The van der Waals surface area contributed by atoms with Gasteiger partial charge in [-0.1, -0.05) is 17.7 Å². The van der Waals surface area contributed by atoms with E-state index in [2.05, 4.69) is 47.7 Å². The van der Waals surface area contributed by atoms with E-state index in [4.69, 9.17) is 10.7 Å². The molecular formula is C25H30FN5O. The number of halogens is 1. The third-order valence-corrected chi connectivity index (χ3v) is 6.13. The van der Waals surface area contributed by atoms with Crippen molar-refractivity contribution in [2.24, 2.45) is 5.73 Å². The highest BCUT2D eigenvalue weighted by atomic mass is 19.1. The van der Waals surface area contributed by atoms with Crippen molar-refractivity contribution in [3.8, 4) is 11.3 Å². The van der Waals surface area contributed by atoms with Gasteiger partial charge in [0.15, 0.2) is 0 Å². The van der Waals surface area contributed by atoms with Gasteiger partial charge in [-0.25, -0.2) is 9.37 Å². The van der Waals surface area contributed by atoms with Gasteiger partial charge in [-0.15, -0.1) is 0 Å². The number of nitrogens with zero attached hydrogens (tertiary/aromatic N) is 3. The molecule has 0 spiro atoms. The van der Waals surface area contributed by atoms with Crippen LogP contribution in [0.25, 0.3) is 11.3 Å². The Bertz CT molecular complexity index is 1120. The predicted octanol–water partition coefficient (Wildman–Crippen LogP) is 4.21. The van der Waals surface area contributed by atoms with E-state index in [1.54, 1.807) is 19.1 Å². The van der Waals surface area contributed by atoms with E-state index in [9.17, 15) is 9.18 Å². The number of benzene rings is 2. The molecule has 1 unspecified atom stereocenters. The van der Waals surface area contributed by atoms with Crippen molar-refractivity contribution in [1.29, 1.82) is 0 Å². The molecule has 3 N–H and O–H groups in total. The summed E-state index contributed by atoms with van der Waals surface area (Å²) in [6.45, 7) is 9.83. The molecule has 6 nitrogen and oxygen atoms in total. The Labute approximate surface area is 188 Å². The highest BCUT2D eigenvalue weighted by molar-refractivity contribution is 5.77. The Morgan fingerprint density at radius 1 is 1.16 bits per heavy atom. The number of fused-ring (bicyclic) bond motifs is 1. The summed E-state index contributed by atoms with van der Waals surface area (Å²) < 4.78 is 15.8. The quantitative estimate of drug-likeness (QED) is 0.568. The molecule has 0 aliphatic carbocycles. The van der Waals surface area contributed by atoms with Crippen LogP contribution in [0.1, 0.15) is 32.2 Å². The molecule has 2 aromatic carbocycles. The summed E-state index contributed by atoms with van der Waals surface area (Å²) in [6, 6.07) is 14.6. The highest BCUT2D eigenvalue weighted by Crippen LogP contribution is 2.39. The van der Waals surface area contributed by atoms with E-state index < -0.39 is 11.1 Å². The maximum Gasteiger partial charge on any atom is 0.140 e. The van der Waals surface area contributed by atoms with Gasteiger partial charge < -0.3 is 20.4 Å². The van der Waals surface area contributed by atoms with Crippen LogP contribution < -0.4 is 11.1 Å². The standard InChI is InChI=1S/C25H30FN5O/c1-17-5-11-20(12-6-17)28-22-21(18-7-9-19(26)10-8-18)29-23-24(2,3)30(13-14-31(22)23)15-25(4,27)16-32/h5-12,16,28H,13-15,27H2,1-4H3. The third kappa shape index (κ3) is 4.18. The molecule has 0 bridgehead atoms. The van der Waals surface area contributed by atoms with E-state index in [0.29, 0.717) is 13.1 Å². The normalized spacial score (nSPS) is 17.4. The van der Waals surface area contributed by atoms with Crippen molar-refractivity contribution in [2.75, 3.05) is 18.4 Å². The van der Waals surface area contributed by atoms with Crippen molar-refractivity contribution in [1.82, 2.24) is 14.5 Å². The lowest BCUT2D eigenvalue weighted by Crippen LogP contribution is -2.57. The van der Waals surface area contributed by atoms with E-state index in [1.807, 2.05) is 12.1 Å². The zero-order chi connectivity index (χ0) is 23.1. The third-order valence-electron chi connectivity index (χ3n) is 6.13. The molecule has 7 heteroatoms. The summed E-state index contributed by atoms with van der Waals surface area (Å²) in [5.41, 5.74) is 8.51. The van der Waals surface area contributed by atoms with Crippen molar-refractivity contribution in [3.05, 3.63) is 65.7 Å². The second kappa shape index (κ2) is 8.15. The van der Waals surface area contributed by atoms with Crippen LogP contribution in [0.2, 0.25) is 0 Å². The van der Waals surface area contributed by atoms with E-state index >= 15 is 0 Å². The van der Waals surface area contributed by atoms with Crippen LogP contribution in [0.4, 0.5) is 15.9 Å². The van der Waals surface area contributed by atoms with Gasteiger partial charge in [0.05, 0.1) is 11.1 Å². The Balaban J connectivity index is 1.81. The van der Waals surface area contributed by atoms with Crippen LogP contribution in [0.5, 0.6) is 0 Å². The molecule has 1 atom stereocenters. The average Bonchev–Trinajstić information content (AvgIpc) is 3.12. The van der Waals surface area contributed by atoms with Gasteiger partial charge in [-0.3, -0.25) is 4.90 Å². The molecular weight excluding hydrogens is 405 g/mol. The maximum atomic E-state index is 13.6. The Morgan fingerprint density at radius 3 is 2.44 bits per heavy atom. The molecule has 0 fully saturated rings. The lowest BCUT2D eigenvalue weighted by molar-refractivity contribution is -0.113. The molecule has 1 aliphatic rings. The van der Waals surface area contributed by atoms with Crippen LogP contribution in [-0.2, 0) is 16.9 Å². The monoisotopic (exact) mass is 435 g/mol. The van der Waals surface area contributed by atoms with E-state index in [0.717, 1.165) is 41.4 Å². The predicted molar refractivity (Wildman–Crippen MR) is 125 cm³/mol. The van der Waals surface area contributed by atoms with Gasteiger partial charge in [0, 0.05) is 30.9 Å². The number of carbonyl (C=O) groups excluding carboxylic acids is 1. The number of hydrogen-bond acceptors (Lipinski definition) is 5. The first-order chi connectivity index (χ1) is 15.1. The fraction of sp³-hybridized carbons (Fsp3) is 0.360. The number of nitrogens with one attached hydrogen (secondary N) is 1. The van der Waals surface area contributed by atoms with Crippen molar-refractivity contribution in [3.63, 3.8) is 0 Å². The number of hydrogen-bond donors (Lipinski definition) is 2. The minimum atomic E-state index is -0.936.